The van der Waals surface area contributed by atoms with Gasteiger partial charge in [0.2, 0.25) is 5.16 Å². The molecule has 3 rings (SSSR count). The van der Waals surface area contributed by atoms with Gasteiger partial charge < -0.3 is 14.5 Å². The fourth-order valence-corrected chi connectivity index (χ4v) is 3.19. The van der Waals surface area contributed by atoms with Crippen molar-refractivity contribution in [3.05, 3.63) is 18.2 Å². The Labute approximate surface area is 143 Å². The van der Waals surface area contributed by atoms with Crippen molar-refractivity contribution >= 4 is 39.8 Å². The van der Waals surface area contributed by atoms with Gasteiger partial charge in [-0.25, -0.2) is 4.98 Å². The summed E-state index contributed by atoms with van der Waals surface area (Å²) in [5, 5.41) is 9.42. The molecule has 0 amide bonds. The predicted octanol–water partition coefficient (Wildman–Crippen LogP) is 2.95. The summed E-state index contributed by atoms with van der Waals surface area (Å²) in [6.07, 6.45) is 0.634. The van der Waals surface area contributed by atoms with Crippen molar-refractivity contribution in [1.29, 1.82) is 0 Å². The Morgan fingerprint density at radius 2 is 2.17 bits per heavy atom. The first-order chi connectivity index (χ1) is 11.7. The molecule has 0 fully saturated rings. The molecule has 2 aromatic heterocycles. The molecule has 0 aliphatic carbocycles. The van der Waals surface area contributed by atoms with Crippen LogP contribution in [0.1, 0.15) is 20.3 Å². The molecule has 0 radical (unpaired) electrons. The number of rotatable bonds is 6. The Morgan fingerprint density at radius 3 is 2.88 bits per heavy atom. The Balaban J connectivity index is 1.93. The topological polar surface area (TPSA) is 90.0 Å². The molecule has 0 bridgehead atoms. The van der Waals surface area contributed by atoms with Gasteiger partial charge in [0.25, 0.3) is 0 Å². The van der Waals surface area contributed by atoms with Gasteiger partial charge >= 0.3 is 5.97 Å². The molecule has 3 aromatic rings. The van der Waals surface area contributed by atoms with Gasteiger partial charge in [-0.1, -0.05) is 18.7 Å². The third kappa shape index (κ3) is 3.14. The van der Waals surface area contributed by atoms with Gasteiger partial charge in [-0.3, -0.25) is 4.79 Å². The van der Waals surface area contributed by atoms with E-state index in [1.165, 1.54) is 11.8 Å². The lowest BCUT2D eigenvalue weighted by Crippen LogP contribution is -2.19. The zero-order valence-electron chi connectivity index (χ0n) is 13.7. The third-order valence-electron chi connectivity index (χ3n) is 3.57. The Bertz CT molecular complexity index is 880. The minimum atomic E-state index is -0.339. The van der Waals surface area contributed by atoms with E-state index in [0.29, 0.717) is 29.3 Å². The van der Waals surface area contributed by atoms with Crippen molar-refractivity contribution in [2.75, 3.05) is 13.7 Å². The number of hydrogen-bond acceptors (Lipinski definition) is 7. The summed E-state index contributed by atoms with van der Waals surface area (Å²) >= 11 is 1.27. The monoisotopic (exact) mass is 346 g/mol. The lowest BCUT2D eigenvalue weighted by Gasteiger charge is -2.11. The number of esters is 1. The first-order valence-electron chi connectivity index (χ1n) is 7.69. The predicted molar refractivity (Wildman–Crippen MR) is 92.3 cm³/mol. The van der Waals surface area contributed by atoms with Crippen LogP contribution in [-0.4, -0.2) is 45.1 Å². The number of methoxy groups -OCH3 is 1. The number of nitrogens with zero attached hydrogens (tertiary/aromatic N) is 3. The van der Waals surface area contributed by atoms with Crippen LogP contribution in [0.5, 0.6) is 5.75 Å². The van der Waals surface area contributed by atoms with E-state index in [2.05, 4.69) is 20.2 Å². The molecular formula is C16H18N4O3S. The van der Waals surface area contributed by atoms with Gasteiger partial charge in [-0.15, -0.1) is 10.2 Å². The van der Waals surface area contributed by atoms with E-state index in [1.807, 2.05) is 25.1 Å². The van der Waals surface area contributed by atoms with Crippen LogP contribution in [-0.2, 0) is 9.53 Å². The number of carbonyl (C=O) groups is 1. The fraction of sp³-hybridized carbons (Fsp3) is 0.375. The molecule has 1 aromatic carbocycles. The van der Waals surface area contributed by atoms with Gasteiger partial charge in [0.05, 0.1) is 13.7 Å². The highest BCUT2D eigenvalue weighted by molar-refractivity contribution is 8.00. The van der Waals surface area contributed by atoms with Gasteiger partial charge in [-0.05, 0) is 31.5 Å². The van der Waals surface area contributed by atoms with Gasteiger partial charge in [-0.2, -0.15) is 0 Å². The van der Waals surface area contributed by atoms with E-state index in [0.717, 1.165) is 16.7 Å². The molecule has 0 saturated heterocycles. The SMILES string of the molecule is CCOC(=O)C(CC)Sc1nnc2c(n1)[nH]c1ccc(OC)cc12. The zero-order valence-corrected chi connectivity index (χ0v) is 14.5. The van der Waals surface area contributed by atoms with E-state index in [9.17, 15) is 4.79 Å². The van der Waals surface area contributed by atoms with Crippen molar-refractivity contribution in [2.24, 2.45) is 0 Å². The highest BCUT2D eigenvalue weighted by Gasteiger charge is 2.21. The van der Waals surface area contributed by atoms with Crippen LogP contribution in [0.25, 0.3) is 22.1 Å². The van der Waals surface area contributed by atoms with Gasteiger partial charge in [0.1, 0.15) is 16.5 Å². The molecule has 0 saturated carbocycles. The molecule has 24 heavy (non-hydrogen) atoms. The van der Waals surface area contributed by atoms with Crippen molar-refractivity contribution in [1.82, 2.24) is 20.2 Å². The maximum absolute atomic E-state index is 11.9. The summed E-state index contributed by atoms with van der Waals surface area (Å²) in [6.45, 7) is 4.08. The van der Waals surface area contributed by atoms with Crippen LogP contribution >= 0.6 is 11.8 Å². The second-order valence-corrected chi connectivity index (χ2v) is 6.26. The van der Waals surface area contributed by atoms with Crippen molar-refractivity contribution in [3.8, 4) is 5.75 Å². The van der Waals surface area contributed by atoms with E-state index in [4.69, 9.17) is 9.47 Å². The lowest BCUT2D eigenvalue weighted by atomic mass is 10.2. The quantitative estimate of drug-likeness (QED) is 0.542. The highest BCUT2D eigenvalue weighted by atomic mass is 32.2. The molecule has 0 aliphatic rings. The standard InChI is InChI=1S/C16H18N4O3S/c1-4-12(15(21)23-5-2)24-16-18-14-13(19-20-16)10-8-9(22-3)6-7-11(10)17-14/h6-8,12H,4-5H2,1-3H3,(H,17,18,20). The van der Waals surface area contributed by atoms with E-state index in [-0.39, 0.29) is 11.2 Å². The Morgan fingerprint density at radius 1 is 1.33 bits per heavy atom. The fourth-order valence-electron chi connectivity index (χ4n) is 2.37. The molecule has 0 spiro atoms. The minimum Gasteiger partial charge on any atom is -0.497 e. The Hall–Kier alpha value is -2.35. The van der Waals surface area contributed by atoms with Crippen LogP contribution < -0.4 is 4.74 Å². The normalized spacial score (nSPS) is 12.5. The first-order valence-corrected chi connectivity index (χ1v) is 8.57. The highest BCUT2D eigenvalue weighted by Crippen LogP contribution is 2.28. The largest absolute Gasteiger partial charge is 0.497 e. The number of ether oxygens (including phenoxy) is 2. The molecule has 1 atom stereocenters. The summed E-state index contributed by atoms with van der Waals surface area (Å²) in [5.41, 5.74) is 2.22. The summed E-state index contributed by atoms with van der Waals surface area (Å²) < 4.78 is 10.3. The minimum absolute atomic E-state index is 0.255. The number of aromatic amines is 1. The van der Waals surface area contributed by atoms with E-state index in [1.54, 1.807) is 14.0 Å². The second kappa shape index (κ2) is 7.04. The number of thioether (sulfide) groups is 1. The summed E-state index contributed by atoms with van der Waals surface area (Å²) in [4.78, 5) is 19.6. The van der Waals surface area contributed by atoms with Crippen LogP contribution in [0.3, 0.4) is 0 Å². The van der Waals surface area contributed by atoms with Gasteiger partial charge in [0, 0.05) is 10.9 Å². The van der Waals surface area contributed by atoms with Crippen molar-refractivity contribution in [3.63, 3.8) is 0 Å². The maximum Gasteiger partial charge on any atom is 0.319 e. The third-order valence-corrected chi connectivity index (χ3v) is 4.76. The zero-order chi connectivity index (χ0) is 17.1. The van der Waals surface area contributed by atoms with Crippen LogP contribution in [0.2, 0.25) is 0 Å². The molecule has 1 unspecified atom stereocenters. The van der Waals surface area contributed by atoms with E-state index < -0.39 is 0 Å². The van der Waals surface area contributed by atoms with Crippen molar-refractivity contribution < 1.29 is 14.3 Å². The molecule has 1 N–H and O–H groups in total. The molecular weight excluding hydrogens is 328 g/mol. The number of H-pyrrole nitrogens is 1. The molecule has 8 heteroatoms. The summed E-state index contributed by atoms with van der Waals surface area (Å²) in [5.74, 6) is 0.493. The molecule has 2 heterocycles. The average molecular weight is 346 g/mol. The number of carbonyl (C=O) groups excluding carboxylic acids is 1. The molecule has 0 aliphatic heterocycles. The Kier molecular flexibility index (Phi) is 4.84. The number of fused-ring (bicyclic) bond motifs is 3. The summed E-state index contributed by atoms with van der Waals surface area (Å²) in [6, 6.07) is 5.68. The number of aromatic nitrogens is 4. The summed E-state index contributed by atoms with van der Waals surface area (Å²) in [7, 11) is 1.62. The number of hydrogen-bond donors (Lipinski definition) is 1. The first kappa shape index (κ1) is 16.5. The lowest BCUT2D eigenvalue weighted by molar-refractivity contribution is -0.142. The van der Waals surface area contributed by atoms with Crippen LogP contribution in [0.4, 0.5) is 0 Å². The average Bonchev–Trinajstić information content (AvgIpc) is 2.96. The number of nitrogens with one attached hydrogen (secondary N) is 1. The van der Waals surface area contributed by atoms with Crippen molar-refractivity contribution in [2.45, 2.75) is 30.7 Å². The van der Waals surface area contributed by atoms with Crippen LogP contribution in [0, 0.1) is 0 Å². The second-order valence-electron chi connectivity index (χ2n) is 5.09. The molecule has 126 valence electrons. The van der Waals surface area contributed by atoms with Gasteiger partial charge in [0.15, 0.2) is 5.65 Å². The maximum atomic E-state index is 11.9. The number of benzene rings is 1. The smallest absolute Gasteiger partial charge is 0.319 e. The molecule has 7 nitrogen and oxygen atoms in total. The van der Waals surface area contributed by atoms with Crippen LogP contribution in [0.15, 0.2) is 23.4 Å². The van der Waals surface area contributed by atoms with E-state index >= 15 is 0 Å².